The third kappa shape index (κ3) is 4.71. The summed E-state index contributed by atoms with van der Waals surface area (Å²) in [5.41, 5.74) is 2.91. The number of rotatable bonds is 6. The number of hydrogen-bond donors (Lipinski definition) is 2. The SMILES string of the molecule is CCC(=O)Nc1ccc(-c2csc(NC(=O)c3cccc(OC)c3)n2)cc1. The van der Waals surface area contributed by atoms with Crippen LogP contribution in [0.15, 0.2) is 53.9 Å². The molecule has 0 aliphatic carbocycles. The Kier molecular flexibility index (Phi) is 5.83. The zero-order chi connectivity index (χ0) is 19.2. The van der Waals surface area contributed by atoms with Crippen molar-refractivity contribution in [1.29, 1.82) is 0 Å². The van der Waals surface area contributed by atoms with Gasteiger partial charge in [-0.3, -0.25) is 14.9 Å². The van der Waals surface area contributed by atoms with Gasteiger partial charge in [-0.15, -0.1) is 11.3 Å². The normalized spacial score (nSPS) is 10.3. The Balaban J connectivity index is 1.69. The van der Waals surface area contributed by atoms with Crippen LogP contribution < -0.4 is 15.4 Å². The Morgan fingerprint density at radius 3 is 2.59 bits per heavy atom. The van der Waals surface area contributed by atoms with Gasteiger partial charge < -0.3 is 10.1 Å². The topological polar surface area (TPSA) is 80.3 Å². The highest BCUT2D eigenvalue weighted by Crippen LogP contribution is 2.26. The van der Waals surface area contributed by atoms with Crippen LogP contribution in [0, 0.1) is 0 Å². The molecule has 0 unspecified atom stereocenters. The zero-order valence-corrected chi connectivity index (χ0v) is 15.8. The van der Waals surface area contributed by atoms with Crippen LogP contribution in [0.4, 0.5) is 10.8 Å². The molecule has 0 saturated carbocycles. The predicted molar refractivity (Wildman–Crippen MR) is 107 cm³/mol. The van der Waals surface area contributed by atoms with E-state index in [1.54, 1.807) is 38.3 Å². The molecule has 138 valence electrons. The summed E-state index contributed by atoms with van der Waals surface area (Å²) in [5.74, 6) is 0.351. The molecular formula is C20H19N3O3S. The van der Waals surface area contributed by atoms with Gasteiger partial charge in [0.1, 0.15) is 5.75 Å². The average Bonchev–Trinajstić information content (AvgIpc) is 3.17. The molecule has 0 radical (unpaired) electrons. The number of methoxy groups -OCH3 is 1. The number of amides is 2. The third-order valence-corrected chi connectivity index (χ3v) is 4.60. The van der Waals surface area contributed by atoms with Crippen LogP contribution >= 0.6 is 11.3 Å². The number of carbonyl (C=O) groups is 2. The second kappa shape index (κ2) is 8.46. The van der Waals surface area contributed by atoms with Gasteiger partial charge in [-0.25, -0.2) is 4.98 Å². The van der Waals surface area contributed by atoms with E-state index in [4.69, 9.17) is 4.74 Å². The summed E-state index contributed by atoms with van der Waals surface area (Å²) >= 11 is 1.35. The molecule has 27 heavy (non-hydrogen) atoms. The fraction of sp³-hybridized carbons (Fsp3) is 0.150. The molecular weight excluding hydrogens is 362 g/mol. The molecule has 0 aliphatic rings. The Hall–Kier alpha value is -3.19. The number of aromatic nitrogens is 1. The molecule has 1 heterocycles. The summed E-state index contributed by atoms with van der Waals surface area (Å²) < 4.78 is 5.14. The first-order valence-electron chi connectivity index (χ1n) is 8.40. The molecule has 0 saturated heterocycles. The Labute approximate surface area is 161 Å². The van der Waals surface area contributed by atoms with Gasteiger partial charge in [0.25, 0.3) is 5.91 Å². The first-order chi connectivity index (χ1) is 13.1. The lowest BCUT2D eigenvalue weighted by atomic mass is 10.1. The zero-order valence-electron chi connectivity index (χ0n) is 15.0. The maximum Gasteiger partial charge on any atom is 0.257 e. The van der Waals surface area contributed by atoms with Crippen molar-refractivity contribution in [2.75, 3.05) is 17.7 Å². The highest BCUT2D eigenvalue weighted by atomic mass is 32.1. The van der Waals surface area contributed by atoms with E-state index >= 15 is 0 Å². The van der Waals surface area contributed by atoms with Crippen LogP contribution in [0.25, 0.3) is 11.3 Å². The highest BCUT2D eigenvalue weighted by Gasteiger charge is 2.11. The van der Waals surface area contributed by atoms with Gasteiger partial charge >= 0.3 is 0 Å². The van der Waals surface area contributed by atoms with E-state index in [9.17, 15) is 9.59 Å². The van der Waals surface area contributed by atoms with Crippen molar-refractivity contribution in [3.8, 4) is 17.0 Å². The van der Waals surface area contributed by atoms with Gasteiger partial charge in [0, 0.05) is 28.6 Å². The molecule has 0 spiro atoms. The van der Waals surface area contributed by atoms with Crippen molar-refractivity contribution in [3.63, 3.8) is 0 Å². The lowest BCUT2D eigenvalue weighted by Gasteiger charge is -2.05. The molecule has 2 aromatic carbocycles. The largest absolute Gasteiger partial charge is 0.497 e. The molecule has 3 aromatic rings. The Morgan fingerprint density at radius 1 is 1.11 bits per heavy atom. The fourth-order valence-electron chi connectivity index (χ4n) is 2.37. The van der Waals surface area contributed by atoms with Gasteiger partial charge in [-0.2, -0.15) is 0 Å². The maximum atomic E-state index is 12.4. The van der Waals surface area contributed by atoms with Crippen LogP contribution in [-0.2, 0) is 4.79 Å². The molecule has 0 atom stereocenters. The van der Waals surface area contributed by atoms with E-state index in [2.05, 4.69) is 15.6 Å². The van der Waals surface area contributed by atoms with Crippen molar-refractivity contribution < 1.29 is 14.3 Å². The fourth-order valence-corrected chi connectivity index (χ4v) is 3.09. The van der Waals surface area contributed by atoms with Crippen molar-refractivity contribution in [2.45, 2.75) is 13.3 Å². The minimum Gasteiger partial charge on any atom is -0.497 e. The van der Waals surface area contributed by atoms with Crippen molar-refractivity contribution in [3.05, 3.63) is 59.5 Å². The summed E-state index contributed by atoms with van der Waals surface area (Å²) in [6.45, 7) is 1.81. The minimum atomic E-state index is -0.243. The number of carbonyl (C=O) groups excluding carboxylic acids is 2. The van der Waals surface area contributed by atoms with E-state index < -0.39 is 0 Å². The van der Waals surface area contributed by atoms with Crippen LogP contribution in [0.2, 0.25) is 0 Å². The second-order valence-corrected chi connectivity index (χ2v) is 6.56. The molecule has 0 aliphatic heterocycles. The summed E-state index contributed by atoms with van der Waals surface area (Å²) in [7, 11) is 1.56. The van der Waals surface area contributed by atoms with Crippen LogP contribution in [0.3, 0.4) is 0 Å². The van der Waals surface area contributed by atoms with Gasteiger partial charge in [0.15, 0.2) is 5.13 Å². The molecule has 2 amide bonds. The quantitative estimate of drug-likeness (QED) is 0.662. The Bertz CT molecular complexity index is 951. The van der Waals surface area contributed by atoms with Gasteiger partial charge in [-0.1, -0.05) is 25.1 Å². The molecule has 0 bridgehead atoms. The predicted octanol–water partition coefficient (Wildman–Crippen LogP) is 4.42. The summed E-state index contributed by atoms with van der Waals surface area (Å²) in [6, 6.07) is 14.4. The lowest BCUT2D eigenvalue weighted by molar-refractivity contribution is -0.115. The number of benzene rings is 2. The number of anilines is 2. The third-order valence-electron chi connectivity index (χ3n) is 3.84. The first kappa shape index (κ1) is 18.6. The van der Waals surface area contributed by atoms with Crippen LogP contribution in [-0.4, -0.2) is 23.9 Å². The smallest absolute Gasteiger partial charge is 0.257 e. The molecule has 1 aromatic heterocycles. The highest BCUT2D eigenvalue weighted by molar-refractivity contribution is 7.14. The van der Waals surface area contributed by atoms with E-state index in [-0.39, 0.29) is 11.8 Å². The second-order valence-electron chi connectivity index (χ2n) is 5.70. The van der Waals surface area contributed by atoms with Gasteiger partial charge in [0.05, 0.1) is 12.8 Å². The van der Waals surface area contributed by atoms with E-state index in [0.29, 0.717) is 22.9 Å². The number of hydrogen-bond acceptors (Lipinski definition) is 5. The van der Waals surface area contributed by atoms with Crippen molar-refractivity contribution in [1.82, 2.24) is 4.98 Å². The number of nitrogens with zero attached hydrogens (tertiary/aromatic N) is 1. The maximum absolute atomic E-state index is 12.4. The van der Waals surface area contributed by atoms with E-state index in [0.717, 1.165) is 16.9 Å². The van der Waals surface area contributed by atoms with E-state index in [1.165, 1.54) is 11.3 Å². The molecule has 3 rings (SSSR count). The number of thiazole rings is 1. The van der Waals surface area contributed by atoms with Crippen molar-refractivity contribution in [2.24, 2.45) is 0 Å². The van der Waals surface area contributed by atoms with Crippen LogP contribution in [0.1, 0.15) is 23.7 Å². The van der Waals surface area contributed by atoms with Gasteiger partial charge in [-0.05, 0) is 30.3 Å². The molecule has 0 fully saturated rings. The average molecular weight is 381 g/mol. The first-order valence-corrected chi connectivity index (χ1v) is 9.28. The van der Waals surface area contributed by atoms with Gasteiger partial charge in [0.2, 0.25) is 5.91 Å². The van der Waals surface area contributed by atoms with Crippen LogP contribution in [0.5, 0.6) is 5.75 Å². The van der Waals surface area contributed by atoms with Crippen molar-refractivity contribution >= 4 is 34.0 Å². The monoisotopic (exact) mass is 381 g/mol. The molecule has 6 nitrogen and oxygen atoms in total. The molecule has 7 heteroatoms. The lowest BCUT2D eigenvalue weighted by Crippen LogP contribution is -2.11. The number of nitrogens with one attached hydrogen (secondary N) is 2. The van der Waals surface area contributed by atoms with E-state index in [1.807, 2.05) is 29.6 Å². The molecule has 2 N–H and O–H groups in total. The standard InChI is InChI=1S/C20H19N3O3S/c1-3-18(24)21-15-9-7-13(8-10-15)17-12-27-20(22-17)23-19(25)14-5-4-6-16(11-14)26-2/h4-12H,3H2,1-2H3,(H,21,24)(H,22,23,25). The summed E-state index contributed by atoms with van der Waals surface area (Å²) in [5, 5.41) is 8.00. The Morgan fingerprint density at radius 2 is 1.89 bits per heavy atom. The summed E-state index contributed by atoms with van der Waals surface area (Å²) in [6.07, 6.45) is 0.435. The number of ether oxygens (including phenoxy) is 1. The summed E-state index contributed by atoms with van der Waals surface area (Å²) in [4.78, 5) is 28.3. The minimum absolute atomic E-state index is 0.0288.